The van der Waals surface area contributed by atoms with E-state index >= 15 is 0 Å². The Balaban J connectivity index is 1.66. The molecule has 0 aliphatic carbocycles. The van der Waals surface area contributed by atoms with Crippen LogP contribution in [-0.4, -0.2) is 85.8 Å². The molecule has 4 atom stereocenters. The van der Waals surface area contributed by atoms with Gasteiger partial charge in [0, 0.05) is 50.0 Å². The molecule has 2 saturated heterocycles. The molecule has 2 heterocycles. The van der Waals surface area contributed by atoms with Gasteiger partial charge in [-0.15, -0.1) is 0 Å². The average Bonchev–Trinajstić information content (AvgIpc) is 3.69. The van der Waals surface area contributed by atoms with Gasteiger partial charge < -0.3 is 20.1 Å². The summed E-state index contributed by atoms with van der Waals surface area (Å²) in [5, 5.41) is 5.82. The van der Waals surface area contributed by atoms with Gasteiger partial charge in [0.1, 0.15) is 17.4 Å². The van der Waals surface area contributed by atoms with Crippen LogP contribution < -0.4 is 10.6 Å². The Morgan fingerprint density at radius 3 is 2.41 bits per heavy atom. The number of hydrogen-bond acceptors (Lipinski definition) is 8. The minimum Gasteiger partial charge on any atom is -0.383 e. The molecule has 0 aromatic heterocycles. The minimum absolute atomic E-state index is 0.0354. The highest BCUT2D eigenvalue weighted by molar-refractivity contribution is 5.97. The third kappa shape index (κ3) is 9.53. The first-order valence-corrected chi connectivity index (χ1v) is 13.5. The van der Waals surface area contributed by atoms with E-state index in [1.807, 2.05) is 35.2 Å². The number of benzene rings is 1. The number of carbonyl (C=O) groups excluding carboxylic acids is 4. The van der Waals surface area contributed by atoms with Crippen LogP contribution in [0.1, 0.15) is 32.3 Å². The van der Waals surface area contributed by atoms with Crippen LogP contribution in [0.5, 0.6) is 0 Å². The van der Waals surface area contributed by atoms with Gasteiger partial charge >= 0.3 is 0 Å². The van der Waals surface area contributed by atoms with Crippen molar-refractivity contribution >= 4 is 23.3 Å². The van der Waals surface area contributed by atoms with Gasteiger partial charge in [-0.3, -0.25) is 24.1 Å². The molecule has 1 aromatic carbocycles. The number of allylic oxidation sites excluding steroid dienone is 1. The van der Waals surface area contributed by atoms with Crippen LogP contribution in [0.4, 0.5) is 0 Å². The van der Waals surface area contributed by atoms with Crippen molar-refractivity contribution in [3.05, 3.63) is 60.8 Å². The predicted molar refractivity (Wildman–Crippen MR) is 148 cm³/mol. The maximum Gasteiger partial charge on any atom is 0.223 e. The highest BCUT2D eigenvalue weighted by Gasteiger charge is 2.50. The average molecular weight is 540 g/mol. The van der Waals surface area contributed by atoms with Crippen LogP contribution in [0, 0.1) is 11.8 Å². The number of Topliss-reactive ketones (excluding diaryl/α,β-unsaturated/α-hetero) is 3. The van der Waals surface area contributed by atoms with E-state index in [2.05, 4.69) is 23.8 Å². The van der Waals surface area contributed by atoms with E-state index in [9.17, 15) is 19.2 Å². The first kappa shape index (κ1) is 30.4. The Kier molecular flexibility index (Phi) is 11.2. The van der Waals surface area contributed by atoms with Gasteiger partial charge in [0.2, 0.25) is 5.91 Å². The van der Waals surface area contributed by atoms with Crippen molar-refractivity contribution in [3.63, 3.8) is 0 Å². The van der Waals surface area contributed by atoms with E-state index in [1.165, 1.54) is 6.08 Å². The van der Waals surface area contributed by atoms with Crippen LogP contribution in [0.15, 0.2) is 55.3 Å². The van der Waals surface area contributed by atoms with Gasteiger partial charge in [-0.1, -0.05) is 50.4 Å². The second-order valence-electron chi connectivity index (χ2n) is 10.6. The van der Waals surface area contributed by atoms with E-state index in [0.717, 1.165) is 5.56 Å². The molecule has 2 aliphatic rings. The van der Waals surface area contributed by atoms with Gasteiger partial charge in [0.05, 0.1) is 26.4 Å². The number of epoxide rings is 1. The zero-order valence-corrected chi connectivity index (χ0v) is 23.1. The van der Waals surface area contributed by atoms with Crippen molar-refractivity contribution in [3.8, 4) is 0 Å². The van der Waals surface area contributed by atoms with Crippen molar-refractivity contribution in [1.29, 1.82) is 0 Å². The number of carbonyl (C=O) groups is 4. The molecule has 9 nitrogen and oxygen atoms in total. The molecule has 2 aliphatic heterocycles. The van der Waals surface area contributed by atoms with Crippen molar-refractivity contribution in [2.75, 3.05) is 46.0 Å². The summed E-state index contributed by atoms with van der Waals surface area (Å²) in [6.45, 7) is 14.2. The molecule has 1 aromatic rings. The van der Waals surface area contributed by atoms with Gasteiger partial charge in [0.25, 0.3) is 0 Å². The van der Waals surface area contributed by atoms with E-state index in [0.29, 0.717) is 45.0 Å². The number of ether oxygens (including phenoxy) is 2. The minimum atomic E-state index is -0.912. The maximum absolute atomic E-state index is 13.6. The Hall–Kier alpha value is -3.14. The highest BCUT2D eigenvalue weighted by atomic mass is 16.6. The summed E-state index contributed by atoms with van der Waals surface area (Å²) >= 11 is 0. The van der Waals surface area contributed by atoms with Crippen molar-refractivity contribution < 1.29 is 28.7 Å². The zero-order chi connectivity index (χ0) is 28.4. The standard InChI is InChI=1S/C30H41N3O6/c1-5-22(3)31-18-26(32-29(37)21(2)15-25(34)19-33-11-13-38-14-12-33)27(35)17-24(28(36)30(4)20-39-30)16-23-9-7-6-8-10-23/h5-10,21,24,26,31H,1,3,11-20H2,2,4H3,(H,32,37)/t21-,24-,26+,30-/m1/s1. The Morgan fingerprint density at radius 1 is 1.13 bits per heavy atom. The molecular weight excluding hydrogens is 498 g/mol. The number of nitrogens with zero attached hydrogens (tertiary/aromatic N) is 1. The third-order valence-corrected chi connectivity index (χ3v) is 7.21. The number of rotatable bonds is 17. The summed E-state index contributed by atoms with van der Waals surface area (Å²) in [5.74, 6) is -2.03. The Bertz CT molecular complexity index is 1050. The summed E-state index contributed by atoms with van der Waals surface area (Å²) < 4.78 is 10.7. The van der Waals surface area contributed by atoms with Crippen LogP contribution in [-0.2, 0) is 35.1 Å². The molecule has 0 spiro atoms. The fourth-order valence-corrected chi connectivity index (χ4v) is 4.60. The monoisotopic (exact) mass is 539 g/mol. The molecule has 2 N–H and O–H groups in total. The smallest absolute Gasteiger partial charge is 0.223 e. The normalized spacial score (nSPS) is 21.2. The molecule has 0 bridgehead atoms. The number of hydrogen-bond donors (Lipinski definition) is 2. The predicted octanol–water partition coefficient (Wildman–Crippen LogP) is 1.86. The quantitative estimate of drug-likeness (QED) is 0.228. The molecule has 2 fully saturated rings. The van der Waals surface area contributed by atoms with Crippen LogP contribution >= 0.6 is 0 Å². The highest BCUT2D eigenvalue weighted by Crippen LogP contribution is 2.32. The molecule has 0 saturated carbocycles. The first-order chi connectivity index (χ1) is 18.6. The lowest BCUT2D eigenvalue weighted by Crippen LogP contribution is -2.50. The molecule has 0 unspecified atom stereocenters. The van der Waals surface area contributed by atoms with Gasteiger partial charge in [-0.2, -0.15) is 0 Å². The number of amides is 1. The van der Waals surface area contributed by atoms with Gasteiger partial charge in [-0.05, 0) is 25.0 Å². The van der Waals surface area contributed by atoms with Gasteiger partial charge in [-0.25, -0.2) is 0 Å². The van der Waals surface area contributed by atoms with E-state index in [-0.39, 0.29) is 43.3 Å². The van der Waals surface area contributed by atoms with E-state index in [4.69, 9.17) is 9.47 Å². The summed E-state index contributed by atoms with van der Waals surface area (Å²) in [6.07, 6.45) is 1.93. The molecule has 9 heteroatoms. The molecule has 39 heavy (non-hydrogen) atoms. The molecular formula is C30H41N3O6. The van der Waals surface area contributed by atoms with E-state index in [1.54, 1.807) is 13.8 Å². The van der Waals surface area contributed by atoms with Crippen molar-refractivity contribution in [2.24, 2.45) is 11.8 Å². The van der Waals surface area contributed by atoms with Crippen LogP contribution in [0.2, 0.25) is 0 Å². The number of nitrogens with one attached hydrogen (secondary N) is 2. The second kappa shape index (κ2) is 14.3. The Morgan fingerprint density at radius 2 is 1.79 bits per heavy atom. The largest absolute Gasteiger partial charge is 0.383 e. The van der Waals surface area contributed by atoms with Crippen molar-refractivity contribution in [1.82, 2.24) is 15.5 Å². The zero-order valence-electron chi connectivity index (χ0n) is 23.1. The Labute approximate surface area is 231 Å². The molecule has 3 rings (SSSR count). The fraction of sp³-hybridized carbons (Fsp3) is 0.533. The lowest BCUT2D eigenvalue weighted by molar-refractivity contribution is -0.134. The topological polar surface area (TPSA) is 117 Å². The first-order valence-electron chi connectivity index (χ1n) is 13.5. The summed E-state index contributed by atoms with van der Waals surface area (Å²) in [7, 11) is 0. The third-order valence-electron chi connectivity index (χ3n) is 7.21. The maximum atomic E-state index is 13.6. The second-order valence-corrected chi connectivity index (χ2v) is 10.6. The lowest BCUT2D eigenvalue weighted by Gasteiger charge is -2.26. The summed E-state index contributed by atoms with van der Waals surface area (Å²) in [4.78, 5) is 54.5. The van der Waals surface area contributed by atoms with Crippen LogP contribution in [0.3, 0.4) is 0 Å². The van der Waals surface area contributed by atoms with Gasteiger partial charge in [0.15, 0.2) is 11.6 Å². The molecule has 0 radical (unpaired) electrons. The summed E-state index contributed by atoms with van der Waals surface area (Å²) in [6, 6.07) is 8.61. The van der Waals surface area contributed by atoms with Crippen molar-refractivity contribution in [2.45, 2.75) is 44.8 Å². The summed E-state index contributed by atoms with van der Waals surface area (Å²) in [5.41, 5.74) is 0.578. The fourth-order valence-electron chi connectivity index (χ4n) is 4.60. The number of ketones is 3. The SMILES string of the molecule is C=CC(=C)NC[C@H](NC(=O)[C@H](C)CC(=O)CN1CCOCC1)C(=O)C[C@@H](Cc1ccccc1)C(=O)[C@@]1(C)CO1. The molecule has 1 amide bonds. The van der Waals surface area contributed by atoms with E-state index < -0.39 is 29.4 Å². The number of morpholine rings is 1. The van der Waals surface area contributed by atoms with Crippen LogP contribution in [0.25, 0.3) is 0 Å². The molecule has 212 valence electrons. The lowest BCUT2D eigenvalue weighted by atomic mass is 9.84.